The van der Waals surface area contributed by atoms with Crippen molar-refractivity contribution in [3.8, 4) is 11.6 Å². The number of carbonyl (C=O) groups is 1. The normalized spacial score (nSPS) is 18.1. The molecule has 1 atom stereocenters. The second-order valence-electron chi connectivity index (χ2n) is 3.86. The number of aromatic nitrogens is 3. The van der Waals surface area contributed by atoms with Gasteiger partial charge in [-0.05, 0) is 18.6 Å². The van der Waals surface area contributed by atoms with Gasteiger partial charge in [-0.25, -0.2) is 4.79 Å². The summed E-state index contributed by atoms with van der Waals surface area (Å²) in [5.41, 5.74) is 0. The molecule has 0 spiro atoms. The van der Waals surface area contributed by atoms with Gasteiger partial charge >= 0.3 is 5.97 Å². The molecule has 0 fully saturated rings. The minimum absolute atomic E-state index is 0.267. The molecule has 0 saturated carbocycles. The molecule has 0 unspecified atom stereocenters. The monoisotopic (exact) mass is 233 g/mol. The van der Waals surface area contributed by atoms with Gasteiger partial charge in [-0.2, -0.15) is 0 Å². The Morgan fingerprint density at radius 3 is 3.18 bits per heavy atom. The van der Waals surface area contributed by atoms with E-state index in [0.717, 1.165) is 12.2 Å². The van der Waals surface area contributed by atoms with Crippen LogP contribution < -0.4 is 0 Å². The minimum atomic E-state index is -0.343. The highest BCUT2D eigenvalue weighted by Gasteiger charge is 2.33. The van der Waals surface area contributed by atoms with E-state index in [0.29, 0.717) is 18.0 Å². The summed E-state index contributed by atoms with van der Waals surface area (Å²) in [5.74, 6) is 1.72. The van der Waals surface area contributed by atoms with Gasteiger partial charge in [0.05, 0.1) is 13.4 Å². The fraction of sp³-hybridized carbons (Fsp3) is 0.364. The zero-order valence-electron chi connectivity index (χ0n) is 9.29. The number of aryl methyl sites for hydroxylation is 1. The Balaban J connectivity index is 2.07. The molecule has 2 aromatic rings. The van der Waals surface area contributed by atoms with Crippen LogP contribution in [0.5, 0.6) is 0 Å². The van der Waals surface area contributed by atoms with Gasteiger partial charge in [-0.3, -0.25) is 4.57 Å². The summed E-state index contributed by atoms with van der Waals surface area (Å²) in [6.45, 7) is 0. The highest BCUT2D eigenvalue weighted by atomic mass is 16.5. The predicted molar refractivity (Wildman–Crippen MR) is 57.1 cm³/mol. The van der Waals surface area contributed by atoms with E-state index in [-0.39, 0.29) is 12.0 Å². The third kappa shape index (κ3) is 1.44. The van der Waals surface area contributed by atoms with Crippen LogP contribution in [0.4, 0.5) is 0 Å². The van der Waals surface area contributed by atoms with Gasteiger partial charge in [0.2, 0.25) is 5.82 Å². The molecule has 0 radical (unpaired) electrons. The van der Waals surface area contributed by atoms with E-state index in [2.05, 4.69) is 10.2 Å². The third-order valence-electron chi connectivity index (χ3n) is 2.93. The summed E-state index contributed by atoms with van der Waals surface area (Å²) >= 11 is 0. The molecule has 0 aromatic carbocycles. The quantitative estimate of drug-likeness (QED) is 0.729. The largest absolute Gasteiger partial charge is 0.467 e. The molecular formula is C11H11N3O3. The molecule has 0 aliphatic carbocycles. The molecule has 17 heavy (non-hydrogen) atoms. The number of hydrogen-bond acceptors (Lipinski definition) is 5. The second kappa shape index (κ2) is 3.73. The molecule has 0 saturated heterocycles. The zero-order valence-corrected chi connectivity index (χ0v) is 9.29. The maximum Gasteiger partial charge on any atom is 0.328 e. The predicted octanol–water partition coefficient (Wildman–Crippen LogP) is 1.20. The van der Waals surface area contributed by atoms with Crippen molar-refractivity contribution in [3.05, 3.63) is 24.2 Å². The van der Waals surface area contributed by atoms with Crippen LogP contribution in [-0.2, 0) is 16.0 Å². The first kappa shape index (κ1) is 10.1. The topological polar surface area (TPSA) is 70.2 Å². The molecule has 0 bridgehead atoms. The van der Waals surface area contributed by atoms with Crippen LogP contribution in [0.25, 0.3) is 11.6 Å². The lowest BCUT2D eigenvalue weighted by molar-refractivity contribution is -0.144. The van der Waals surface area contributed by atoms with Gasteiger partial charge in [-0.1, -0.05) is 0 Å². The number of methoxy groups -OCH3 is 1. The second-order valence-corrected chi connectivity index (χ2v) is 3.86. The van der Waals surface area contributed by atoms with Crippen molar-refractivity contribution in [2.75, 3.05) is 7.11 Å². The van der Waals surface area contributed by atoms with Crippen LogP contribution in [0, 0.1) is 0 Å². The lowest BCUT2D eigenvalue weighted by Crippen LogP contribution is -2.18. The number of rotatable bonds is 2. The molecule has 1 aliphatic heterocycles. The van der Waals surface area contributed by atoms with Crippen LogP contribution in [-0.4, -0.2) is 27.8 Å². The minimum Gasteiger partial charge on any atom is -0.467 e. The smallest absolute Gasteiger partial charge is 0.328 e. The number of fused-ring (bicyclic) bond motifs is 1. The zero-order chi connectivity index (χ0) is 11.8. The molecular weight excluding hydrogens is 222 g/mol. The van der Waals surface area contributed by atoms with E-state index in [4.69, 9.17) is 9.15 Å². The number of furan rings is 1. The van der Waals surface area contributed by atoms with Crippen LogP contribution in [0.1, 0.15) is 18.3 Å². The third-order valence-corrected chi connectivity index (χ3v) is 2.93. The molecule has 3 rings (SSSR count). The van der Waals surface area contributed by atoms with Crippen molar-refractivity contribution in [1.29, 1.82) is 0 Å². The summed E-state index contributed by atoms with van der Waals surface area (Å²) in [5, 5.41) is 8.12. The van der Waals surface area contributed by atoms with E-state index in [1.54, 1.807) is 23.0 Å². The van der Waals surface area contributed by atoms with Crippen molar-refractivity contribution in [3.63, 3.8) is 0 Å². The molecule has 6 nitrogen and oxygen atoms in total. The van der Waals surface area contributed by atoms with Crippen molar-refractivity contribution in [1.82, 2.24) is 14.8 Å². The maximum absolute atomic E-state index is 11.7. The number of esters is 1. The van der Waals surface area contributed by atoms with Crippen LogP contribution >= 0.6 is 0 Å². The van der Waals surface area contributed by atoms with Crippen molar-refractivity contribution in [2.24, 2.45) is 0 Å². The number of ether oxygens (including phenoxy) is 1. The average molecular weight is 233 g/mol. The van der Waals surface area contributed by atoms with E-state index < -0.39 is 0 Å². The summed E-state index contributed by atoms with van der Waals surface area (Å²) < 4.78 is 11.9. The Bertz CT molecular complexity index is 544. The van der Waals surface area contributed by atoms with E-state index >= 15 is 0 Å². The Morgan fingerprint density at radius 1 is 1.59 bits per heavy atom. The average Bonchev–Trinajstić information content (AvgIpc) is 3.03. The van der Waals surface area contributed by atoms with Gasteiger partial charge in [0.1, 0.15) is 11.9 Å². The Kier molecular flexibility index (Phi) is 2.21. The molecule has 1 aliphatic rings. The maximum atomic E-state index is 11.7. The molecule has 6 heteroatoms. The van der Waals surface area contributed by atoms with Gasteiger partial charge in [0.15, 0.2) is 5.76 Å². The first-order valence-corrected chi connectivity index (χ1v) is 5.36. The van der Waals surface area contributed by atoms with Crippen molar-refractivity contribution < 1.29 is 13.9 Å². The highest BCUT2D eigenvalue weighted by molar-refractivity contribution is 5.75. The highest BCUT2D eigenvalue weighted by Crippen LogP contribution is 2.31. The van der Waals surface area contributed by atoms with E-state index in [1.165, 1.54) is 7.11 Å². The van der Waals surface area contributed by atoms with Crippen LogP contribution in [0.2, 0.25) is 0 Å². The van der Waals surface area contributed by atoms with Gasteiger partial charge in [-0.15, -0.1) is 10.2 Å². The van der Waals surface area contributed by atoms with Gasteiger partial charge in [0.25, 0.3) is 0 Å². The number of carbonyl (C=O) groups excluding carboxylic acids is 1. The van der Waals surface area contributed by atoms with Crippen LogP contribution in [0.15, 0.2) is 22.8 Å². The summed E-state index contributed by atoms with van der Waals surface area (Å²) in [4.78, 5) is 11.7. The fourth-order valence-corrected chi connectivity index (χ4v) is 2.15. The first-order valence-electron chi connectivity index (χ1n) is 5.36. The van der Waals surface area contributed by atoms with Gasteiger partial charge < -0.3 is 9.15 Å². The van der Waals surface area contributed by atoms with Crippen molar-refractivity contribution in [2.45, 2.75) is 18.9 Å². The summed E-state index contributed by atoms with van der Waals surface area (Å²) in [6.07, 6.45) is 3.00. The fourth-order valence-electron chi connectivity index (χ4n) is 2.15. The lowest BCUT2D eigenvalue weighted by atomic mass is 10.2. The van der Waals surface area contributed by atoms with Gasteiger partial charge in [0, 0.05) is 6.42 Å². The Morgan fingerprint density at radius 2 is 2.47 bits per heavy atom. The number of nitrogens with zero attached hydrogens (tertiary/aromatic N) is 3. The molecule has 88 valence electrons. The first-order chi connectivity index (χ1) is 8.31. The van der Waals surface area contributed by atoms with E-state index in [9.17, 15) is 4.79 Å². The SMILES string of the molecule is COC(=O)[C@@H]1CCc2nnc(-c3ccco3)n21. The number of hydrogen-bond donors (Lipinski definition) is 0. The lowest BCUT2D eigenvalue weighted by Gasteiger charge is -2.11. The van der Waals surface area contributed by atoms with Crippen LogP contribution in [0.3, 0.4) is 0 Å². The Hall–Kier alpha value is -2.11. The molecule has 0 amide bonds. The Labute approximate surface area is 97.2 Å². The summed E-state index contributed by atoms with van der Waals surface area (Å²) in [6, 6.07) is 3.23. The van der Waals surface area contributed by atoms with Crippen molar-refractivity contribution >= 4 is 5.97 Å². The standard InChI is InChI=1S/C11H11N3O3/c1-16-11(15)7-4-5-9-12-13-10(14(7)9)8-3-2-6-17-8/h2-3,6-7H,4-5H2,1H3/t7-/m0/s1. The molecule has 3 heterocycles. The molecule has 2 aromatic heterocycles. The summed E-state index contributed by atoms with van der Waals surface area (Å²) in [7, 11) is 1.39. The molecule has 0 N–H and O–H groups in total. The van der Waals surface area contributed by atoms with E-state index in [1.807, 2.05) is 0 Å².